The van der Waals surface area contributed by atoms with E-state index < -0.39 is 0 Å². The lowest BCUT2D eigenvalue weighted by molar-refractivity contribution is 0.472. The minimum absolute atomic E-state index is 0.882. The van der Waals surface area contributed by atoms with Gasteiger partial charge in [0.2, 0.25) is 0 Å². The number of guanidine groups is 1. The second-order valence-electron chi connectivity index (χ2n) is 6.34. The highest BCUT2D eigenvalue weighted by atomic mass is 15.2. The first-order chi connectivity index (χ1) is 10.8. The van der Waals surface area contributed by atoms with Crippen molar-refractivity contribution >= 4 is 5.96 Å². The Morgan fingerprint density at radius 1 is 1.27 bits per heavy atom. The maximum atomic E-state index is 4.27. The van der Waals surface area contributed by atoms with E-state index in [1.165, 1.54) is 50.5 Å². The molecule has 22 heavy (non-hydrogen) atoms. The zero-order chi connectivity index (χ0) is 15.6. The summed E-state index contributed by atoms with van der Waals surface area (Å²) in [5.74, 6) is 1.92. The summed E-state index contributed by atoms with van der Waals surface area (Å²) in [6.07, 6.45) is 14.8. The van der Waals surface area contributed by atoms with E-state index in [2.05, 4.69) is 26.9 Å². The molecule has 1 aliphatic rings. The average Bonchev–Trinajstić information content (AvgIpc) is 3.17. The van der Waals surface area contributed by atoms with Gasteiger partial charge in [-0.15, -0.1) is 0 Å². The topological polar surface area (TPSA) is 54.2 Å². The summed E-state index contributed by atoms with van der Waals surface area (Å²) in [4.78, 5) is 4.27. The molecule has 1 fully saturated rings. The first-order valence-electron chi connectivity index (χ1n) is 8.70. The SMILES string of the molecule is CN=C(NCCCCC1CCCC1)NCCc1cnn(C)c1. The van der Waals surface area contributed by atoms with Crippen LogP contribution in [-0.4, -0.2) is 35.9 Å². The molecule has 0 radical (unpaired) electrons. The van der Waals surface area contributed by atoms with Crippen LogP contribution in [0.2, 0.25) is 0 Å². The van der Waals surface area contributed by atoms with Gasteiger partial charge in [0.05, 0.1) is 6.20 Å². The summed E-state index contributed by atoms with van der Waals surface area (Å²) in [7, 11) is 3.78. The molecule has 1 aromatic heterocycles. The van der Waals surface area contributed by atoms with Crippen molar-refractivity contribution in [2.75, 3.05) is 20.1 Å². The quantitative estimate of drug-likeness (QED) is 0.441. The Morgan fingerprint density at radius 2 is 2.05 bits per heavy atom. The number of nitrogens with one attached hydrogen (secondary N) is 2. The molecule has 2 N–H and O–H groups in total. The van der Waals surface area contributed by atoms with E-state index in [1.807, 2.05) is 25.0 Å². The van der Waals surface area contributed by atoms with Crippen LogP contribution in [0.1, 0.15) is 50.5 Å². The zero-order valence-electron chi connectivity index (χ0n) is 14.1. The van der Waals surface area contributed by atoms with Crippen LogP contribution in [0.15, 0.2) is 17.4 Å². The van der Waals surface area contributed by atoms with Gasteiger partial charge < -0.3 is 10.6 Å². The molecule has 0 spiro atoms. The summed E-state index contributed by atoms with van der Waals surface area (Å²) in [5.41, 5.74) is 1.25. The molecule has 1 saturated carbocycles. The molecule has 2 rings (SSSR count). The highest BCUT2D eigenvalue weighted by Crippen LogP contribution is 2.28. The minimum Gasteiger partial charge on any atom is -0.356 e. The van der Waals surface area contributed by atoms with Crippen LogP contribution in [0.4, 0.5) is 0 Å². The molecule has 1 aromatic rings. The van der Waals surface area contributed by atoms with Crippen LogP contribution < -0.4 is 10.6 Å². The van der Waals surface area contributed by atoms with Crippen molar-refractivity contribution in [2.24, 2.45) is 18.0 Å². The Hall–Kier alpha value is -1.52. The van der Waals surface area contributed by atoms with Crippen molar-refractivity contribution in [2.45, 2.75) is 51.4 Å². The predicted molar refractivity (Wildman–Crippen MR) is 92.1 cm³/mol. The number of hydrogen-bond acceptors (Lipinski definition) is 2. The standard InChI is InChI=1S/C17H31N5/c1-18-17(20-12-10-16-13-21-22(2)14-16)19-11-6-5-9-15-7-3-4-8-15/h13-15H,3-12H2,1-2H3,(H2,18,19,20). The van der Waals surface area contributed by atoms with Gasteiger partial charge >= 0.3 is 0 Å². The Labute approximate surface area is 134 Å². The van der Waals surface area contributed by atoms with Crippen molar-refractivity contribution in [1.29, 1.82) is 0 Å². The number of unbranched alkanes of at least 4 members (excludes halogenated alkanes) is 1. The third kappa shape index (κ3) is 6.08. The normalized spacial score (nSPS) is 16.2. The molecule has 0 bridgehead atoms. The van der Waals surface area contributed by atoms with Gasteiger partial charge in [-0.05, 0) is 24.3 Å². The van der Waals surface area contributed by atoms with Crippen molar-refractivity contribution in [3.05, 3.63) is 18.0 Å². The molecular weight excluding hydrogens is 274 g/mol. The molecule has 1 aliphatic carbocycles. The van der Waals surface area contributed by atoms with Gasteiger partial charge in [-0.1, -0.05) is 38.5 Å². The molecule has 0 saturated heterocycles. The fraction of sp³-hybridized carbons (Fsp3) is 0.765. The molecule has 0 amide bonds. The number of hydrogen-bond donors (Lipinski definition) is 2. The van der Waals surface area contributed by atoms with Crippen molar-refractivity contribution in [3.8, 4) is 0 Å². The molecule has 5 heteroatoms. The fourth-order valence-corrected chi connectivity index (χ4v) is 3.21. The number of aryl methyl sites for hydroxylation is 1. The summed E-state index contributed by atoms with van der Waals surface area (Å²) >= 11 is 0. The maximum absolute atomic E-state index is 4.27. The van der Waals surface area contributed by atoms with Gasteiger partial charge in [0.15, 0.2) is 5.96 Å². The van der Waals surface area contributed by atoms with E-state index in [0.717, 1.165) is 31.4 Å². The second-order valence-corrected chi connectivity index (χ2v) is 6.34. The lowest BCUT2D eigenvalue weighted by Gasteiger charge is -2.12. The predicted octanol–water partition coefficient (Wildman–Crippen LogP) is 2.49. The Morgan fingerprint density at radius 3 is 2.73 bits per heavy atom. The number of rotatable bonds is 8. The summed E-state index contributed by atoms with van der Waals surface area (Å²) in [5, 5.41) is 10.9. The summed E-state index contributed by atoms with van der Waals surface area (Å²) in [6, 6.07) is 0. The first-order valence-corrected chi connectivity index (χ1v) is 8.70. The minimum atomic E-state index is 0.882. The van der Waals surface area contributed by atoms with Gasteiger partial charge in [0.1, 0.15) is 0 Å². The Kier molecular flexibility index (Phi) is 7.26. The Balaban J connectivity index is 1.51. The smallest absolute Gasteiger partial charge is 0.190 e. The monoisotopic (exact) mass is 305 g/mol. The van der Waals surface area contributed by atoms with Gasteiger partial charge in [-0.25, -0.2) is 0 Å². The van der Waals surface area contributed by atoms with Crippen LogP contribution in [0.5, 0.6) is 0 Å². The van der Waals surface area contributed by atoms with Crippen molar-refractivity contribution in [1.82, 2.24) is 20.4 Å². The maximum Gasteiger partial charge on any atom is 0.190 e. The lowest BCUT2D eigenvalue weighted by atomic mass is 10.0. The van der Waals surface area contributed by atoms with Gasteiger partial charge in [-0.2, -0.15) is 5.10 Å². The lowest BCUT2D eigenvalue weighted by Crippen LogP contribution is -2.38. The van der Waals surface area contributed by atoms with Crippen LogP contribution in [-0.2, 0) is 13.5 Å². The second kappa shape index (κ2) is 9.49. The van der Waals surface area contributed by atoms with E-state index in [-0.39, 0.29) is 0 Å². The molecule has 5 nitrogen and oxygen atoms in total. The van der Waals surface area contributed by atoms with E-state index in [4.69, 9.17) is 0 Å². The van der Waals surface area contributed by atoms with Crippen LogP contribution >= 0.6 is 0 Å². The molecule has 1 heterocycles. The average molecular weight is 305 g/mol. The Bertz CT molecular complexity index is 446. The van der Waals surface area contributed by atoms with Crippen LogP contribution in [0.25, 0.3) is 0 Å². The number of aromatic nitrogens is 2. The van der Waals surface area contributed by atoms with Gasteiger partial charge in [-0.3, -0.25) is 9.67 Å². The zero-order valence-corrected chi connectivity index (χ0v) is 14.1. The van der Waals surface area contributed by atoms with Gasteiger partial charge in [0, 0.05) is 33.4 Å². The molecule has 124 valence electrons. The third-order valence-electron chi connectivity index (χ3n) is 4.49. The number of nitrogens with zero attached hydrogens (tertiary/aromatic N) is 3. The van der Waals surface area contributed by atoms with E-state index in [1.54, 1.807) is 0 Å². The van der Waals surface area contributed by atoms with Crippen molar-refractivity contribution < 1.29 is 0 Å². The largest absolute Gasteiger partial charge is 0.356 e. The molecule has 0 atom stereocenters. The van der Waals surface area contributed by atoms with E-state index in [0.29, 0.717) is 0 Å². The molecule has 0 unspecified atom stereocenters. The third-order valence-corrected chi connectivity index (χ3v) is 4.49. The fourth-order valence-electron chi connectivity index (χ4n) is 3.21. The molecular formula is C17H31N5. The highest BCUT2D eigenvalue weighted by Gasteiger charge is 2.13. The summed E-state index contributed by atoms with van der Waals surface area (Å²) < 4.78 is 1.84. The number of aliphatic imine (C=N–C) groups is 1. The van der Waals surface area contributed by atoms with E-state index in [9.17, 15) is 0 Å². The van der Waals surface area contributed by atoms with Crippen LogP contribution in [0, 0.1) is 5.92 Å². The van der Waals surface area contributed by atoms with Crippen LogP contribution in [0.3, 0.4) is 0 Å². The van der Waals surface area contributed by atoms with E-state index >= 15 is 0 Å². The molecule has 0 aliphatic heterocycles. The first kappa shape index (κ1) is 16.8. The molecule has 0 aromatic carbocycles. The summed E-state index contributed by atoms with van der Waals surface area (Å²) in [6.45, 7) is 1.90. The highest BCUT2D eigenvalue weighted by molar-refractivity contribution is 5.79. The van der Waals surface area contributed by atoms with Gasteiger partial charge in [0.25, 0.3) is 0 Å². The van der Waals surface area contributed by atoms with Crippen molar-refractivity contribution in [3.63, 3.8) is 0 Å².